The summed E-state index contributed by atoms with van der Waals surface area (Å²) in [7, 11) is 1.67. The maximum absolute atomic E-state index is 5.11. The van der Waals surface area contributed by atoms with Gasteiger partial charge in [0.1, 0.15) is 5.75 Å². The molecule has 0 aliphatic rings. The molecule has 0 N–H and O–H groups in total. The lowest BCUT2D eigenvalue weighted by Gasteiger charge is -2.03. The van der Waals surface area contributed by atoms with E-state index in [0.29, 0.717) is 0 Å². The fraction of sp³-hybridized carbons (Fsp3) is 0.200. The van der Waals surface area contributed by atoms with Crippen LogP contribution in [0.4, 0.5) is 0 Å². The molecule has 1 nitrogen and oxygen atoms in total. The summed E-state index contributed by atoms with van der Waals surface area (Å²) in [4.78, 5) is 1.90. The maximum Gasteiger partial charge on any atom is 0.119 e. The highest BCUT2D eigenvalue weighted by Crippen LogP contribution is 2.20. The first-order valence-electron chi connectivity index (χ1n) is 3.69. The van der Waals surface area contributed by atoms with Gasteiger partial charge in [0.2, 0.25) is 0 Å². The lowest BCUT2D eigenvalue weighted by molar-refractivity contribution is 0.414. The standard InChI is InChI=1S/C10H11BrO/c1-8(7-11)9-4-3-5-10(6-9)12-2/h3-7H,1-2H3. The molecule has 0 unspecified atom stereocenters. The lowest BCUT2D eigenvalue weighted by atomic mass is 10.1. The topological polar surface area (TPSA) is 9.23 Å². The molecule has 0 saturated carbocycles. The number of hydrogen-bond donors (Lipinski definition) is 0. The Morgan fingerprint density at radius 1 is 1.50 bits per heavy atom. The van der Waals surface area contributed by atoms with Crippen LogP contribution in [0.5, 0.6) is 5.75 Å². The molecule has 12 heavy (non-hydrogen) atoms. The van der Waals surface area contributed by atoms with E-state index in [2.05, 4.69) is 22.0 Å². The Kier molecular flexibility index (Phi) is 3.35. The molecule has 1 rings (SSSR count). The Morgan fingerprint density at radius 3 is 2.83 bits per heavy atom. The molecule has 0 aromatic heterocycles. The minimum Gasteiger partial charge on any atom is -0.497 e. The number of halogens is 1. The van der Waals surface area contributed by atoms with Crippen LogP contribution in [-0.2, 0) is 0 Å². The Morgan fingerprint density at radius 2 is 2.25 bits per heavy atom. The number of methoxy groups -OCH3 is 1. The zero-order chi connectivity index (χ0) is 8.97. The van der Waals surface area contributed by atoms with Gasteiger partial charge in [-0.25, -0.2) is 0 Å². The van der Waals surface area contributed by atoms with Crippen molar-refractivity contribution >= 4 is 21.5 Å². The van der Waals surface area contributed by atoms with Crippen molar-refractivity contribution in [3.63, 3.8) is 0 Å². The summed E-state index contributed by atoms with van der Waals surface area (Å²) in [5, 5.41) is 0. The molecule has 0 heterocycles. The number of hydrogen-bond acceptors (Lipinski definition) is 1. The predicted octanol–water partition coefficient (Wildman–Crippen LogP) is 3.45. The van der Waals surface area contributed by atoms with Crippen LogP contribution < -0.4 is 4.74 Å². The van der Waals surface area contributed by atoms with Gasteiger partial charge in [0.15, 0.2) is 0 Å². The Balaban J connectivity index is 3.02. The van der Waals surface area contributed by atoms with Crippen molar-refractivity contribution < 1.29 is 4.74 Å². The van der Waals surface area contributed by atoms with Crippen molar-refractivity contribution in [3.8, 4) is 5.75 Å². The third-order valence-electron chi connectivity index (χ3n) is 1.69. The Hall–Kier alpha value is -0.760. The summed E-state index contributed by atoms with van der Waals surface area (Å²) in [5.41, 5.74) is 2.36. The molecule has 1 aromatic rings. The van der Waals surface area contributed by atoms with E-state index >= 15 is 0 Å². The second kappa shape index (κ2) is 4.31. The largest absolute Gasteiger partial charge is 0.497 e. The molecular weight excluding hydrogens is 216 g/mol. The van der Waals surface area contributed by atoms with Gasteiger partial charge in [-0.2, -0.15) is 0 Å². The maximum atomic E-state index is 5.11. The van der Waals surface area contributed by atoms with Crippen molar-refractivity contribution in [1.82, 2.24) is 0 Å². The third kappa shape index (κ3) is 2.11. The average Bonchev–Trinajstić information content (AvgIpc) is 2.17. The van der Waals surface area contributed by atoms with Gasteiger partial charge in [0.05, 0.1) is 7.11 Å². The molecule has 1 aromatic carbocycles. The van der Waals surface area contributed by atoms with E-state index < -0.39 is 0 Å². The van der Waals surface area contributed by atoms with Gasteiger partial charge in [-0.1, -0.05) is 28.1 Å². The zero-order valence-corrected chi connectivity index (χ0v) is 8.76. The van der Waals surface area contributed by atoms with Crippen molar-refractivity contribution in [2.75, 3.05) is 7.11 Å². The van der Waals surface area contributed by atoms with Gasteiger partial charge in [-0.3, -0.25) is 0 Å². The highest BCUT2D eigenvalue weighted by atomic mass is 79.9. The van der Waals surface area contributed by atoms with Crippen LogP contribution in [-0.4, -0.2) is 7.11 Å². The second-order valence-corrected chi connectivity index (χ2v) is 2.98. The molecule has 0 amide bonds. The smallest absolute Gasteiger partial charge is 0.119 e. The molecule has 0 aliphatic carbocycles. The van der Waals surface area contributed by atoms with E-state index in [-0.39, 0.29) is 0 Å². The van der Waals surface area contributed by atoms with E-state index in [4.69, 9.17) is 4.74 Å². The molecule has 2 heteroatoms. The van der Waals surface area contributed by atoms with Crippen LogP contribution in [0.2, 0.25) is 0 Å². The van der Waals surface area contributed by atoms with Crippen LogP contribution in [0, 0.1) is 0 Å². The SMILES string of the molecule is COc1cccc(C(C)=CBr)c1. The molecule has 0 saturated heterocycles. The molecule has 0 spiro atoms. The van der Waals surface area contributed by atoms with E-state index in [9.17, 15) is 0 Å². The minimum absolute atomic E-state index is 0.890. The second-order valence-electron chi connectivity index (χ2n) is 2.52. The van der Waals surface area contributed by atoms with Gasteiger partial charge in [-0.05, 0) is 35.2 Å². The molecule has 0 radical (unpaired) electrons. The Bertz CT molecular complexity index is 292. The van der Waals surface area contributed by atoms with Crippen LogP contribution in [0.1, 0.15) is 12.5 Å². The summed E-state index contributed by atoms with van der Waals surface area (Å²) >= 11 is 3.30. The van der Waals surface area contributed by atoms with E-state index in [1.165, 1.54) is 11.1 Å². The number of ether oxygens (including phenoxy) is 1. The first kappa shape index (κ1) is 9.33. The van der Waals surface area contributed by atoms with Gasteiger partial charge in [0, 0.05) is 0 Å². The molecular formula is C10H11BrO. The lowest BCUT2D eigenvalue weighted by Crippen LogP contribution is -1.84. The van der Waals surface area contributed by atoms with Crippen LogP contribution in [0.25, 0.3) is 5.57 Å². The minimum atomic E-state index is 0.890. The zero-order valence-electron chi connectivity index (χ0n) is 7.17. The van der Waals surface area contributed by atoms with Gasteiger partial charge < -0.3 is 4.74 Å². The molecule has 0 fully saturated rings. The predicted molar refractivity (Wildman–Crippen MR) is 55.6 cm³/mol. The van der Waals surface area contributed by atoms with Gasteiger partial charge in [0.25, 0.3) is 0 Å². The first-order chi connectivity index (χ1) is 5.77. The van der Waals surface area contributed by atoms with E-state index in [0.717, 1.165) is 5.75 Å². The summed E-state index contributed by atoms with van der Waals surface area (Å²) in [5.74, 6) is 0.890. The average molecular weight is 227 g/mol. The number of allylic oxidation sites excluding steroid dienone is 1. The van der Waals surface area contributed by atoms with Crippen molar-refractivity contribution in [3.05, 3.63) is 34.8 Å². The van der Waals surface area contributed by atoms with Crippen molar-refractivity contribution in [2.24, 2.45) is 0 Å². The van der Waals surface area contributed by atoms with Crippen molar-refractivity contribution in [1.29, 1.82) is 0 Å². The third-order valence-corrected chi connectivity index (χ3v) is 2.38. The van der Waals surface area contributed by atoms with Gasteiger partial charge in [-0.15, -0.1) is 0 Å². The van der Waals surface area contributed by atoms with E-state index in [1.807, 2.05) is 30.1 Å². The van der Waals surface area contributed by atoms with Crippen LogP contribution in [0.3, 0.4) is 0 Å². The molecule has 0 bridgehead atoms. The summed E-state index contributed by atoms with van der Waals surface area (Å²) in [6, 6.07) is 7.97. The fourth-order valence-corrected chi connectivity index (χ4v) is 1.20. The molecule has 0 aliphatic heterocycles. The van der Waals surface area contributed by atoms with Crippen LogP contribution >= 0.6 is 15.9 Å². The highest BCUT2D eigenvalue weighted by Gasteiger charge is 1.95. The van der Waals surface area contributed by atoms with Crippen LogP contribution in [0.15, 0.2) is 29.3 Å². The molecule has 0 atom stereocenters. The molecule has 64 valence electrons. The summed E-state index contributed by atoms with van der Waals surface area (Å²) < 4.78 is 5.11. The van der Waals surface area contributed by atoms with E-state index in [1.54, 1.807) is 7.11 Å². The van der Waals surface area contributed by atoms with Gasteiger partial charge >= 0.3 is 0 Å². The monoisotopic (exact) mass is 226 g/mol. The Labute approximate surface area is 81.2 Å². The summed E-state index contributed by atoms with van der Waals surface area (Å²) in [6.07, 6.45) is 0. The quantitative estimate of drug-likeness (QED) is 0.751. The number of benzene rings is 1. The fourth-order valence-electron chi connectivity index (χ4n) is 0.931. The highest BCUT2D eigenvalue weighted by molar-refractivity contribution is 9.11. The first-order valence-corrected chi connectivity index (χ1v) is 4.61. The summed E-state index contributed by atoms with van der Waals surface area (Å²) in [6.45, 7) is 2.05. The normalized spacial score (nSPS) is 11.4. The number of rotatable bonds is 2. The van der Waals surface area contributed by atoms with Crippen molar-refractivity contribution in [2.45, 2.75) is 6.92 Å².